The number of alkyl halides is 2. The molecule has 1 saturated heterocycles. The summed E-state index contributed by atoms with van der Waals surface area (Å²) >= 11 is 0. The maximum absolute atomic E-state index is 13.5. The molecule has 0 bridgehead atoms. The number of anilines is 1. The fraction of sp³-hybridized carbons (Fsp3) is 0.421. The molecule has 10 heteroatoms. The number of aromatic nitrogens is 4. The summed E-state index contributed by atoms with van der Waals surface area (Å²) in [7, 11) is 0. The van der Waals surface area contributed by atoms with E-state index < -0.39 is 12.1 Å². The van der Waals surface area contributed by atoms with E-state index in [1.165, 1.54) is 6.07 Å². The van der Waals surface area contributed by atoms with E-state index in [1.807, 2.05) is 13.8 Å². The quantitative estimate of drug-likeness (QED) is 0.703. The highest BCUT2D eigenvalue weighted by molar-refractivity contribution is 5.93. The van der Waals surface area contributed by atoms with E-state index in [0.717, 1.165) is 0 Å². The van der Waals surface area contributed by atoms with Gasteiger partial charge >= 0.3 is 6.55 Å². The van der Waals surface area contributed by atoms with Crippen molar-refractivity contribution in [2.24, 2.45) is 0 Å². The molecular weight excluding hydrogens is 384 g/mol. The Bertz CT molecular complexity index is 1070. The van der Waals surface area contributed by atoms with Crippen LogP contribution in [0, 0.1) is 0 Å². The molecule has 3 aromatic rings. The summed E-state index contributed by atoms with van der Waals surface area (Å²) in [6, 6.07) is 6.90. The Morgan fingerprint density at radius 1 is 1.21 bits per heavy atom. The van der Waals surface area contributed by atoms with Gasteiger partial charge in [-0.15, -0.1) is 0 Å². The number of halogens is 2. The second-order valence-electron chi connectivity index (χ2n) is 6.99. The molecule has 0 atom stereocenters. The molecule has 0 unspecified atom stereocenters. The zero-order valence-corrected chi connectivity index (χ0v) is 16.1. The van der Waals surface area contributed by atoms with Gasteiger partial charge in [0.05, 0.1) is 24.8 Å². The van der Waals surface area contributed by atoms with Gasteiger partial charge in [0.1, 0.15) is 22.8 Å². The SMILES string of the molecule is CC(C)Oc1ccc2[nH]nc(-c3cc(N4CCOCC4)c(=O)n(C(F)F)n3)c2c1. The van der Waals surface area contributed by atoms with Gasteiger partial charge in [0.2, 0.25) is 0 Å². The zero-order chi connectivity index (χ0) is 20.5. The molecular formula is C19H21F2N5O3. The number of H-pyrrole nitrogens is 1. The van der Waals surface area contributed by atoms with Crippen molar-refractivity contribution >= 4 is 16.6 Å². The largest absolute Gasteiger partial charge is 0.491 e. The number of benzene rings is 1. The Hall–Kier alpha value is -3.01. The van der Waals surface area contributed by atoms with Gasteiger partial charge in [0, 0.05) is 18.5 Å². The van der Waals surface area contributed by atoms with Crippen molar-refractivity contribution in [1.29, 1.82) is 0 Å². The van der Waals surface area contributed by atoms with Crippen molar-refractivity contribution in [3.8, 4) is 17.1 Å². The first kappa shape index (κ1) is 19.3. The number of rotatable bonds is 5. The first-order valence-corrected chi connectivity index (χ1v) is 9.34. The number of nitrogens with one attached hydrogen (secondary N) is 1. The minimum atomic E-state index is -3.06. The normalized spacial score (nSPS) is 14.9. The number of hydrogen-bond acceptors (Lipinski definition) is 6. The third-order valence-electron chi connectivity index (χ3n) is 4.60. The topological polar surface area (TPSA) is 85.3 Å². The second kappa shape index (κ2) is 7.78. The molecule has 1 aromatic carbocycles. The molecule has 1 fully saturated rings. The molecule has 4 rings (SSSR count). The number of ether oxygens (including phenoxy) is 2. The number of morpholine rings is 1. The Kier molecular flexibility index (Phi) is 5.18. The molecule has 0 spiro atoms. The van der Waals surface area contributed by atoms with Crippen molar-refractivity contribution in [2.75, 3.05) is 31.2 Å². The van der Waals surface area contributed by atoms with Crippen LogP contribution in [0.25, 0.3) is 22.3 Å². The van der Waals surface area contributed by atoms with Crippen LogP contribution < -0.4 is 15.2 Å². The van der Waals surface area contributed by atoms with Crippen LogP contribution in [0.4, 0.5) is 14.5 Å². The van der Waals surface area contributed by atoms with Crippen LogP contribution in [0.3, 0.4) is 0 Å². The summed E-state index contributed by atoms with van der Waals surface area (Å²) in [5.41, 5.74) is 0.580. The third kappa shape index (κ3) is 3.80. The monoisotopic (exact) mass is 405 g/mol. The van der Waals surface area contributed by atoms with E-state index in [4.69, 9.17) is 9.47 Å². The van der Waals surface area contributed by atoms with E-state index in [0.29, 0.717) is 48.6 Å². The van der Waals surface area contributed by atoms with Crippen LogP contribution in [0.15, 0.2) is 29.1 Å². The van der Waals surface area contributed by atoms with Crippen molar-refractivity contribution in [3.05, 3.63) is 34.6 Å². The van der Waals surface area contributed by atoms with E-state index in [9.17, 15) is 13.6 Å². The highest BCUT2D eigenvalue weighted by Gasteiger charge is 2.23. The van der Waals surface area contributed by atoms with Gasteiger partial charge in [0.15, 0.2) is 0 Å². The number of fused-ring (bicyclic) bond motifs is 1. The fourth-order valence-electron chi connectivity index (χ4n) is 3.31. The summed E-state index contributed by atoms with van der Waals surface area (Å²) in [4.78, 5) is 14.3. The zero-order valence-electron chi connectivity index (χ0n) is 16.1. The summed E-state index contributed by atoms with van der Waals surface area (Å²) in [6.07, 6.45) is -0.0189. The van der Waals surface area contributed by atoms with Crippen molar-refractivity contribution < 1.29 is 18.3 Å². The molecule has 29 heavy (non-hydrogen) atoms. The Morgan fingerprint density at radius 3 is 2.66 bits per heavy atom. The number of hydrogen-bond donors (Lipinski definition) is 1. The minimum Gasteiger partial charge on any atom is -0.491 e. The lowest BCUT2D eigenvalue weighted by Crippen LogP contribution is -2.41. The molecule has 3 heterocycles. The summed E-state index contributed by atoms with van der Waals surface area (Å²) in [5, 5.41) is 11.7. The van der Waals surface area contributed by atoms with Gasteiger partial charge < -0.3 is 14.4 Å². The second-order valence-corrected chi connectivity index (χ2v) is 6.99. The van der Waals surface area contributed by atoms with Gasteiger partial charge in [0.25, 0.3) is 5.56 Å². The molecule has 1 N–H and O–H groups in total. The van der Waals surface area contributed by atoms with Gasteiger partial charge in [-0.3, -0.25) is 9.89 Å². The number of nitrogens with zero attached hydrogens (tertiary/aromatic N) is 4. The predicted octanol–water partition coefficient (Wildman–Crippen LogP) is 2.81. The van der Waals surface area contributed by atoms with Crippen LogP contribution >= 0.6 is 0 Å². The highest BCUT2D eigenvalue weighted by atomic mass is 19.3. The van der Waals surface area contributed by atoms with E-state index in [1.54, 1.807) is 23.1 Å². The lowest BCUT2D eigenvalue weighted by molar-refractivity contribution is 0.0514. The molecule has 0 amide bonds. The molecule has 1 aliphatic rings. The van der Waals surface area contributed by atoms with Gasteiger partial charge in [-0.05, 0) is 38.1 Å². The van der Waals surface area contributed by atoms with E-state index in [-0.39, 0.29) is 22.2 Å². The van der Waals surface area contributed by atoms with Crippen LogP contribution in [0.2, 0.25) is 0 Å². The van der Waals surface area contributed by atoms with Gasteiger partial charge in [-0.2, -0.15) is 23.7 Å². The Labute approximate surface area is 165 Å². The van der Waals surface area contributed by atoms with Crippen molar-refractivity contribution in [1.82, 2.24) is 20.0 Å². The average molecular weight is 405 g/mol. The molecule has 0 radical (unpaired) electrons. The van der Waals surface area contributed by atoms with Crippen LogP contribution in [-0.4, -0.2) is 52.4 Å². The maximum atomic E-state index is 13.5. The van der Waals surface area contributed by atoms with Crippen LogP contribution in [-0.2, 0) is 4.74 Å². The number of aromatic amines is 1. The lowest BCUT2D eigenvalue weighted by Gasteiger charge is -2.28. The molecule has 8 nitrogen and oxygen atoms in total. The smallest absolute Gasteiger partial charge is 0.336 e. The Morgan fingerprint density at radius 2 is 1.97 bits per heavy atom. The first-order chi connectivity index (χ1) is 13.9. The summed E-state index contributed by atoms with van der Waals surface area (Å²) < 4.78 is 38.3. The van der Waals surface area contributed by atoms with Gasteiger partial charge in [-0.25, -0.2) is 0 Å². The minimum absolute atomic E-state index is 0.0189. The highest BCUT2D eigenvalue weighted by Crippen LogP contribution is 2.30. The van der Waals surface area contributed by atoms with Crippen LogP contribution in [0.1, 0.15) is 20.4 Å². The fourth-order valence-corrected chi connectivity index (χ4v) is 3.31. The van der Waals surface area contributed by atoms with Crippen LogP contribution in [0.5, 0.6) is 5.75 Å². The summed E-state index contributed by atoms with van der Waals surface area (Å²) in [6.45, 7) is 2.49. The molecule has 0 aliphatic carbocycles. The predicted molar refractivity (Wildman–Crippen MR) is 104 cm³/mol. The van der Waals surface area contributed by atoms with Gasteiger partial charge in [-0.1, -0.05) is 0 Å². The molecule has 154 valence electrons. The van der Waals surface area contributed by atoms with E-state index in [2.05, 4.69) is 15.3 Å². The maximum Gasteiger partial charge on any atom is 0.336 e. The third-order valence-corrected chi connectivity index (χ3v) is 4.60. The Balaban J connectivity index is 1.85. The standard InChI is InChI=1S/C19H21F2N5O3/c1-11(2)29-12-3-4-14-13(9-12)17(23-22-14)15-10-16(25-5-7-28-8-6-25)18(27)26(24-15)19(20)21/h3-4,9-11,19H,5-8H2,1-2H3,(H,22,23). The summed E-state index contributed by atoms with van der Waals surface area (Å²) in [5.74, 6) is 0.630. The van der Waals surface area contributed by atoms with Crippen molar-refractivity contribution in [2.45, 2.75) is 26.5 Å². The lowest BCUT2D eigenvalue weighted by atomic mass is 10.1. The average Bonchev–Trinajstić information content (AvgIpc) is 3.11. The van der Waals surface area contributed by atoms with E-state index >= 15 is 0 Å². The van der Waals surface area contributed by atoms with Crippen molar-refractivity contribution in [3.63, 3.8) is 0 Å². The molecule has 2 aromatic heterocycles. The molecule has 1 aliphatic heterocycles. The molecule has 0 saturated carbocycles. The first-order valence-electron chi connectivity index (χ1n) is 9.34.